The summed E-state index contributed by atoms with van der Waals surface area (Å²) in [4.78, 5) is 4.14. The lowest BCUT2D eigenvalue weighted by atomic mass is 9.96. The molecule has 0 aliphatic heterocycles. The number of H-pyrrole nitrogens is 1. The first-order valence-corrected chi connectivity index (χ1v) is 7.22. The topological polar surface area (TPSA) is 97.4 Å². The van der Waals surface area contributed by atoms with Gasteiger partial charge in [0, 0.05) is 12.6 Å². The zero-order valence-corrected chi connectivity index (χ0v) is 11.5. The fraction of sp³-hybridized carbons (Fsp3) is 0.615. The van der Waals surface area contributed by atoms with E-state index in [0.29, 0.717) is 12.5 Å². The molecule has 1 unspecified atom stereocenters. The fourth-order valence-corrected chi connectivity index (χ4v) is 2.86. The SMILES string of the molecule is NNC(Cc1ccn(C2CCCCC2)n1)c1ncn[nH]1. The second kappa shape index (κ2) is 6.15. The van der Waals surface area contributed by atoms with Gasteiger partial charge in [-0.1, -0.05) is 19.3 Å². The molecule has 1 atom stereocenters. The highest BCUT2D eigenvalue weighted by Crippen LogP contribution is 2.27. The van der Waals surface area contributed by atoms with E-state index in [0.717, 1.165) is 11.5 Å². The molecule has 1 aliphatic carbocycles. The van der Waals surface area contributed by atoms with Crippen LogP contribution in [0.4, 0.5) is 0 Å². The monoisotopic (exact) mass is 275 g/mol. The molecule has 4 N–H and O–H groups in total. The summed E-state index contributed by atoms with van der Waals surface area (Å²) in [6.07, 6.45) is 10.7. The van der Waals surface area contributed by atoms with E-state index in [9.17, 15) is 0 Å². The summed E-state index contributed by atoms with van der Waals surface area (Å²) < 4.78 is 2.11. The van der Waals surface area contributed by atoms with Crippen molar-refractivity contribution in [3.63, 3.8) is 0 Å². The third-order valence-corrected chi connectivity index (χ3v) is 3.99. The van der Waals surface area contributed by atoms with Crippen molar-refractivity contribution in [2.24, 2.45) is 5.84 Å². The summed E-state index contributed by atoms with van der Waals surface area (Å²) in [6.45, 7) is 0. The molecule has 1 aliphatic rings. The number of hydrogen-bond acceptors (Lipinski definition) is 5. The zero-order valence-electron chi connectivity index (χ0n) is 11.5. The van der Waals surface area contributed by atoms with Crippen LogP contribution in [0.15, 0.2) is 18.6 Å². The Labute approximate surface area is 117 Å². The summed E-state index contributed by atoms with van der Waals surface area (Å²) in [5, 5.41) is 11.4. The van der Waals surface area contributed by atoms with E-state index in [4.69, 9.17) is 10.9 Å². The Morgan fingerprint density at radius 3 is 2.95 bits per heavy atom. The largest absolute Gasteiger partial charge is 0.271 e. The van der Waals surface area contributed by atoms with Gasteiger partial charge in [0.2, 0.25) is 0 Å². The van der Waals surface area contributed by atoms with Crippen LogP contribution in [-0.2, 0) is 6.42 Å². The van der Waals surface area contributed by atoms with E-state index in [1.807, 2.05) is 0 Å². The summed E-state index contributed by atoms with van der Waals surface area (Å²) >= 11 is 0. The predicted molar refractivity (Wildman–Crippen MR) is 74.5 cm³/mol. The number of hydrogen-bond donors (Lipinski definition) is 3. The predicted octanol–water partition coefficient (Wildman–Crippen LogP) is 1.25. The second-order valence-electron chi connectivity index (χ2n) is 5.37. The minimum Gasteiger partial charge on any atom is -0.271 e. The van der Waals surface area contributed by atoms with Gasteiger partial charge in [0.25, 0.3) is 0 Å². The average Bonchev–Trinajstić information content (AvgIpc) is 3.17. The number of aromatic amines is 1. The molecule has 0 saturated heterocycles. The van der Waals surface area contributed by atoms with Crippen molar-refractivity contribution in [3.05, 3.63) is 30.1 Å². The molecular weight excluding hydrogens is 254 g/mol. The molecule has 0 spiro atoms. The number of nitrogens with two attached hydrogens (primary N) is 1. The van der Waals surface area contributed by atoms with Crippen LogP contribution < -0.4 is 11.3 Å². The van der Waals surface area contributed by atoms with Gasteiger partial charge in [-0.15, -0.1) is 0 Å². The lowest BCUT2D eigenvalue weighted by molar-refractivity contribution is 0.327. The zero-order chi connectivity index (χ0) is 13.8. The Kier molecular flexibility index (Phi) is 4.08. The van der Waals surface area contributed by atoms with Crippen LogP contribution in [-0.4, -0.2) is 25.0 Å². The first-order valence-electron chi connectivity index (χ1n) is 7.22. The lowest BCUT2D eigenvalue weighted by Crippen LogP contribution is -2.30. The van der Waals surface area contributed by atoms with E-state index >= 15 is 0 Å². The standard InChI is InChI=1S/C13H21N7/c14-17-12(13-15-9-16-18-13)8-10-6-7-20(19-10)11-4-2-1-3-5-11/h6-7,9,11-12,17H,1-5,8,14H2,(H,15,16,18). The molecule has 20 heavy (non-hydrogen) atoms. The molecule has 0 amide bonds. The van der Waals surface area contributed by atoms with Crippen LogP contribution in [0.5, 0.6) is 0 Å². The highest BCUT2D eigenvalue weighted by molar-refractivity contribution is 5.06. The van der Waals surface area contributed by atoms with Crippen LogP contribution in [0, 0.1) is 0 Å². The van der Waals surface area contributed by atoms with Gasteiger partial charge in [0.05, 0.1) is 17.8 Å². The fourth-order valence-electron chi connectivity index (χ4n) is 2.86. The Balaban J connectivity index is 1.67. The molecule has 1 fully saturated rings. The van der Waals surface area contributed by atoms with Crippen molar-refractivity contribution >= 4 is 0 Å². The second-order valence-corrected chi connectivity index (χ2v) is 5.37. The number of aromatic nitrogens is 5. The van der Waals surface area contributed by atoms with Gasteiger partial charge >= 0.3 is 0 Å². The molecule has 2 aromatic rings. The van der Waals surface area contributed by atoms with Crippen molar-refractivity contribution in [2.45, 2.75) is 50.6 Å². The van der Waals surface area contributed by atoms with E-state index in [1.54, 1.807) is 0 Å². The van der Waals surface area contributed by atoms with E-state index in [-0.39, 0.29) is 6.04 Å². The van der Waals surface area contributed by atoms with Crippen molar-refractivity contribution in [1.29, 1.82) is 0 Å². The Morgan fingerprint density at radius 2 is 2.25 bits per heavy atom. The molecule has 7 nitrogen and oxygen atoms in total. The first kappa shape index (κ1) is 13.3. The minimum atomic E-state index is -0.0906. The highest BCUT2D eigenvalue weighted by atomic mass is 15.3. The van der Waals surface area contributed by atoms with Crippen LogP contribution >= 0.6 is 0 Å². The van der Waals surface area contributed by atoms with Crippen molar-refractivity contribution in [1.82, 2.24) is 30.4 Å². The number of rotatable bonds is 5. The van der Waals surface area contributed by atoms with Crippen molar-refractivity contribution < 1.29 is 0 Å². The summed E-state index contributed by atoms with van der Waals surface area (Å²) in [7, 11) is 0. The van der Waals surface area contributed by atoms with Gasteiger partial charge in [-0.2, -0.15) is 10.2 Å². The molecule has 2 aromatic heterocycles. The van der Waals surface area contributed by atoms with E-state index in [2.05, 4.69) is 37.6 Å². The summed E-state index contributed by atoms with van der Waals surface area (Å²) in [5.41, 5.74) is 3.78. The highest BCUT2D eigenvalue weighted by Gasteiger charge is 2.18. The van der Waals surface area contributed by atoms with E-state index in [1.165, 1.54) is 38.4 Å². The maximum Gasteiger partial charge on any atom is 0.143 e. The van der Waals surface area contributed by atoms with Crippen LogP contribution in [0.3, 0.4) is 0 Å². The minimum absolute atomic E-state index is 0.0906. The van der Waals surface area contributed by atoms with Crippen molar-refractivity contribution in [3.8, 4) is 0 Å². The lowest BCUT2D eigenvalue weighted by Gasteiger charge is -2.21. The average molecular weight is 275 g/mol. The van der Waals surface area contributed by atoms with Gasteiger partial charge < -0.3 is 0 Å². The molecule has 108 valence electrons. The summed E-state index contributed by atoms with van der Waals surface area (Å²) in [6, 6.07) is 2.54. The molecule has 2 heterocycles. The first-order chi connectivity index (χ1) is 9.86. The van der Waals surface area contributed by atoms with Crippen LogP contribution in [0.2, 0.25) is 0 Å². The third kappa shape index (κ3) is 2.88. The molecule has 3 rings (SSSR count). The van der Waals surface area contributed by atoms with Gasteiger partial charge in [-0.25, -0.2) is 10.4 Å². The van der Waals surface area contributed by atoms with E-state index < -0.39 is 0 Å². The Morgan fingerprint density at radius 1 is 1.40 bits per heavy atom. The molecule has 1 saturated carbocycles. The van der Waals surface area contributed by atoms with Gasteiger partial charge in [0.1, 0.15) is 12.2 Å². The molecule has 0 aromatic carbocycles. The number of hydrazine groups is 1. The Hall–Kier alpha value is -1.73. The van der Waals surface area contributed by atoms with Crippen molar-refractivity contribution in [2.75, 3.05) is 0 Å². The van der Waals surface area contributed by atoms with Crippen LogP contribution in [0.1, 0.15) is 55.7 Å². The smallest absolute Gasteiger partial charge is 0.143 e. The Bertz CT molecular complexity index is 513. The third-order valence-electron chi connectivity index (χ3n) is 3.99. The van der Waals surface area contributed by atoms with Crippen LogP contribution in [0.25, 0.3) is 0 Å². The van der Waals surface area contributed by atoms with Gasteiger partial charge in [-0.05, 0) is 18.9 Å². The molecular formula is C13H21N7. The summed E-state index contributed by atoms with van der Waals surface area (Å²) in [5.74, 6) is 6.32. The molecule has 0 bridgehead atoms. The normalized spacial score (nSPS) is 18.2. The van der Waals surface area contributed by atoms with Gasteiger partial charge in [-0.3, -0.25) is 15.6 Å². The molecule has 7 heteroatoms. The maximum atomic E-state index is 5.59. The quantitative estimate of drug-likeness (QED) is 0.563. The van der Waals surface area contributed by atoms with Gasteiger partial charge in [0.15, 0.2) is 0 Å². The number of nitrogens with zero attached hydrogens (tertiary/aromatic N) is 4. The number of nitrogens with one attached hydrogen (secondary N) is 2. The molecule has 0 radical (unpaired) electrons. The maximum absolute atomic E-state index is 5.59.